The monoisotopic (exact) mass is 238 g/mol. The molecule has 1 aliphatic rings. The van der Waals surface area contributed by atoms with Gasteiger partial charge in [0.15, 0.2) is 0 Å². The molecule has 1 saturated carbocycles. The molecule has 1 aliphatic carbocycles. The largest absolute Gasteiger partial charge is 0.299 e. The van der Waals surface area contributed by atoms with Crippen molar-refractivity contribution >= 4 is 5.78 Å². The molecule has 17 heavy (non-hydrogen) atoms. The first kappa shape index (κ1) is 12.2. The molecule has 0 aromatic heterocycles. The van der Waals surface area contributed by atoms with Gasteiger partial charge in [-0.1, -0.05) is 25.3 Å². The van der Waals surface area contributed by atoms with Gasteiger partial charge >= 0.3 is 0 Å². The summed E-state index contributed by atoms with van der Waals surface area (Å²) in [6, 6.07) is 3.40. The van der Waals surface area contributed by atoms with Crippen molar-refractivity contribution in [3.63, 3.8) is 0 Å². The number of hydrogen-bond acceptors (Lipinski definition) is 1. The lowest BCUT2D eigenvalue weighted by molar-refractivity contribution is -0.123. The third kappa shape index (κ3) is 3.11. The first-order valence-corrected chi connectivity index (χ1v) is 6.13. The summed E-state index contributed by atoms with van der Waals surface area (Å²) in [4.78, 5) is 11.9. The van der Waals surface area contributed by atoms with Crippen LogP contribution in [0.4, 0.5) is 8.78 Å². The normalized spacial score (nSPS) is 17.1. The minimum absolute atomic E-state index is 0.0770. The van der Waals surface area contributed by atoms with Gasteiger partial charge in [-0.15, -0.1) is 0 Å². The van der Waals surface area contributed by atoms with E-state index in [-0.39, 0.29) is 18.1 Å². The van der Waals surface area contributed by atoms with Crippen LogP contribution in [-0.2, 0) is 11.2 Å². The van der Waals surface area contributed by atoms with Gasteiger partial charge in [-0.25, -0.2) is 8.78 Å². The number of halogens is 2. The predicted molar refractivity (Wildman–Crippen MR) is 61.6 cm³/mol. The lowest BCUT2D eigenvalue weighted by atomic mass is 9.84. The summed E-state index contributed by atoms with van der Waals surface area (Å²) < 4.78 is 26.1. The summed E-state index contributed by atoms with van der Waals surface area (Å²) in [6.07, 6.45) is 5.29. The summed E-state index contributed by atoms with van der Waals surface area (Å²) >= 11 is 0. The zero-order chi connectivity index (χ0) is 12.3. The van der Waals surface area contributed by atoms with Crippen LogP contribution in [0.2, 0.25) is 0 Å². The van der Waals surface area contributed by atoms with Gasteiger partial charge < -0.3 is 0 Å². The third-order valence-electron chi connectivity index (χ3n) is 3.44. The lowest BCUT2D eigenvalue weighted by Gasteiger charge is -2.20. The minimum Gasteiger partial charge on any atom is -0.299 e. The SMILES string of the molecule is O=C(Cc1ccc(F)cc1F)C1CCCCC1. The summed E-state index contributed by atoms with van der Waals surface area (Å²) in [6.45, 7) is 0. The van der Waals surface area contributed by atoms with E-state index < -0.39 is 11.6 Å². The molecule has 92 valence electrons. The van der Waals surface area contributed by atoms with E-state index in [1.54, 1.807) is 0 Å². The summed E-state index contributed by atoms with van der Waals surface area (Å²) in [5, 5.41) is 0. The molecular weight excluding hydrogens is 222 g/mol. The Morgan fingerprint density at radius 3 is 2.53 bits per heavy atom. The molecule has 1 fully saturated rings. The Hall–Kier alpha value is -1.25. The Labute approximate surface area is 99.8 Å². The van der Waals surface area contributed by atoms with E-state index in [0.717, 1.165) is 31.7 Å². The molecule has 0 radical (unpaired) electrons. The van der Waals surface area contributed by atoms with Crippen LogP contribution in [0.5, 0.6) is 0 Å². The Bertz CT molecular complexity index is 409. The highest BCUT2D eigenvalue weighted by atomic mass is 19.1. The number of carbonyl (C=O) groups excluding carboxylic acids is 1. The Balaban J connectivity index is 2.02. The average molecular weight is 238 g/mol. The van der Waals surface area contributed by atoms with Gasteiger partial charge in [0.1, 0.15) is 17.4 Å². The highest BCUT2D eigenvalue weighted by Gasteiger charge is 2.21. The van der Waals surface area contributed by atoms with E-state index in [1.165, 1.54) is 18.6 Å². The Morgan fingerprint density at radius 2 is 1.88 bits per heavy atom. The van der Waals surface area contributed by atoms with Gasteiger partial charge in [-0.05, 0) is 24.5 Å². The van der Waals surface area contributed by atoms with Gasteiger partial charge in [0, 0.05) is 18.4 Å². The Kier molecular flexibility index (Phi) is 3.87. The molecule has 1 aromatic rings. The van der Waals surface area contributed by atoms with Gasteiger partial charge in [-0.3, -0.25) is 4.79 Å². The standard InChI is InChI=1S/C14H16F2O/c15-12-7-6-11(13(16)9-12)8-14(17)10-4-2-1-3-5-10/h6-7,9-10H,1-5,8H2. The Morgan fingerprint density at radius 1 is 1.18 bits per heavy atom. The second-order valence-electron chi connectivity index (χ2n) is 4.71. The zero-order valence-corrected chi connectivity index (χ0v) is 9.72. The van der Waals surface area contributed by atoms with Crippen LogP contribution in [0.15, 0.2) is 18.2 Å². The first-order chi connectivity index (χ1) is 8.16. The van der Waals surface area contributed by atoms with Crippen LogP contribution in [0, 0.1) is 17.6 Å². The highest BCUT2D eigenvalue weighted by molar-refractivity contribution is 5.83. The molecule has 0 atom stereocenters. The van der Waals surface area contributed by atoms with Crippen LogP contribution in [0.3, 0.4) is 0 Å². The van der Waals surface area contributed by atoms with E-state index in [0.29, 0.717) is 5.56 Å². The number of hydrogen-bond donors (Lipinski definition) is 0. The van der Waals surface area contributed by atoms with E-state index in [4.69, 9.17) is 0 Å². The van der Waals surface area contributed by atoms with Crippen molar-refractivity contribution in [3.8, 4) is 0 Å². The van der Waals surface area contributed by atoms with Crippen LogP contribution < -0.4 is 0 Å². The molecule has 0 amide bonds. The predicted octanol–water partition coefficient (Wildman–Crippen LogP) is 3.66. The molecule has 0 heterocycles. The van der Waals surface area contributed by atoms with Crippen molar-refractivity contribution in [3.05, 3.63) is 35.4 Å². The molecule has 0 aliphatic heterocycles. The topological polar surface area (TPSA) is 17.1 Å². The number of ketones is 1. The van der Waals surface area contributed by atoms with Crippen molar-refractivity contribution < 1.29 is 13.6 Å². The maximum absolute atomic E-state index is 13.4. The van der Waals surface area contributed by atoms with Crippen LogP contribution >= 0.6 is 0 Å². The molecule has 0 bridgehead atoms. The summed E-state index contributed by atoms with van der Waals surface area (Å²) in [7, 11) is 0. The van der Waals surface area contributed by atoms with Gasteiger partial charge in [0.05, 0.1) is 0 Å². The summed E-state index contributed by atoms with van der Waals surface area (Å²) in [5.74, 6) is -1.05. The zero-order valence-electron chi connectivity index (χ0n) is 9.72. The fourth-order valence-corrected chi connectivity index (χ4v) is 2.42. The second-order valence-corrected chi connectivity index (χ2v) is 4.71. The van der Waals surface area contributed by atoms with Crippen LogP contribution in [0.25, 0.3) is 0 Å². The van der Waals surface area contributed by atoms with Crippen molar-refractivity contribution in [1.82, 2.24) is 0 Å². The number of carbonyl (C=O) groups is 1. The molecule has 3 heteroatoms. The number of benzene rings is 1. The quantitative estimate of drug-likeness (QED) is 0.785. The molecule has 1 aromatic carbocycles. The van der Waals surface area contributed by atoms with Crippen molar-refractivity contribution in [2.24, 2.45) is 5.92 Å². The number of rotatable bonds is 3. The van der Waals surface area contributed by atoms with Crippen LogP contribution in [0.1, 0.15) is 37.7 Å². The molecule has 0 N–H and O–H groups in total. The average Bonchev–Trinajstić information content (AvgIpc) is 2.34. The van der Waals surface area contributed by atoms with E-state index in [1.807, 2.05) is 0 Å². The van der Waals surface area contributed by atoms with Gasteiger partial charge in [0.2, 0.25) is 0 Å². The van der Waals surface area contributed by atoms with Gasteiger partial charge in [-0.2, -0.15) is 0 Å². The van der Waals surface area contributed by atoms with E-state index in [9.17, 15) is 13.6 Å². The molecule has 0 spiro atoms. The van der Waals surface area contributed by atoms with Crippen molar-refractivity contribution in [2.75, 3.05) is 0 Å². The second kappa shape index (κ2) is 5.39. The third-order valence-corrected chi connectivity index (χ3v) is 3.44. The molecular formula is C14H16F2O. The van der Waals surface area contributed by atoms with Crippen LogP contribution in [-0.4, -0.2) is 5.78 Å². The minimum atomic E-state index is -0.617. The summed E-state index contributed by atoms with van der Waals surface area (Å²) in [5.41, 5.74) is 0.307. The highest BCUT2D eigenvalue weighted by Crippen LogP contribution is 2.25. The fraction of sp³-hybridized carbons (Fsp3) is 0.500. The first-order valence-electron chi connectivity index (χ1n) is 6.13. The molecule has 0 saturated heterocycles. The number of Topliss-reactive ketones (excluding diaryl/α,β-unsaturated/α-hetero) is 1. The van der Waals surface area contributed by atoms with Gasteiger partial charge in [0.25, 0.3) is 0 Å². The van der Waals surface area contributed by atoms with Crippen molar-refractivity contribution in [2.45, 2.75) is 38.5 Å². The molecule has 1 nitrogen and oxygen atoms in total. The molecule has 0 unspecified atom stereocenters. The fourth-order valence-electron chi connectivity index (χ4n) is 2.42. The molecule has 2 rings (SSSR count). The maximum atomic E-state index is 13.4. The van der Waals surface area contributed by atoms with Crippen molar-refractivity contribution in [1.29, 1.82) is 0 Å². The van der Waals surface area contributed by atoms with E-state index in [2.05, 4.69) is 0 Å². The smallest absolute Gasteiger partial charge is 0.140 e. The van der Waals surface area contributed by atoms with E-state index >= 15 is 0 Å². The lowest BCUT2D eigenvalue weighted by Crippen LogP contribution is -2.20. The maximum Gasteiger partial charge on any atom is 0.140 e.